The molecule has 5 nitrogen and oxygen atoms in total. The van der Waals surface area contributed by atoms with Crippen molar-refractivity contribution in [1.29, 1.82) is 0 Å². The van der Waals surface area contributed by atoms with Crippen LogP contribution in [0.2, 0.25) is 0 Å². The number of benzene rings is 2. The van der Waals surface area contributed by atoms with Gasteiger partial charge < -0.3 is 9.64 Å². The smallest absolute Gasteiger partial charge is 0.151 e. The highest BCUT2D eigenvalue weighted by Crippen LogP contribution is 2.46. The number of nitrogens with zero attached hydrogens (tertiary/aromatic N) is 4. The standard InChI is InChI=1S/C20H24N4O/c1-16(21-15-23-13-11-22(2)12-14-23)24-17-7-3-5-9-19(17)25-20-10-6-4-8-18(20)24/h3-10H,11-15H2,1-2H3. The molecule has 130 valence electrons. The molecule has 0 unspecified atom stereocenters. The maximum atomic E-state index is 6.05. The van der Waals surface area contributed by atoms with Crippen LogP contribution in [0, 0.1) is 0 Å². The molecule has 2 aliphatic heterocycles. The fraction of sp³-hybridized carbons (Fsp3) is 0.350. The zero-order chi connectivity index (χ0) is 17.2. The molecule has 2 aliphatic rings. The first kappa shape index (κ1) is 16.1. The molecule has 2 heterocycles. The van der Waals surface area contributed by atoms with Crippen LogP contribution in [-0.4, -0.2) is 55.5 Å². The summed E-state index contributed by atoms with van der Waals surface area (Å²) < 4.78 is 6.05. The predicted molar refractivity (Wildman–Crippen MR) is 102 cm³/mol. The molecule has 0 N–H and O–H groups in total. The maximum absolute atomic E-state index is 6.05. The highest BCUT2D eigenvalue weighted by atomic mass is 16.5. The van der Waals surface area contributed by atoms with E-state index in [1.54, 1.807) is 0 Å². The minimum atomic E-state index is 0.737. The summed E-state index contributed by atoms with van der Waals surface area (Å²) in [5, 5.41) is 0. The van der Waals surface area contributed by atoms with Gasteiger partial charge in [-0.15, -0.1) is 0 Å². The van der Waals surface area contributed by atoms with Crippen LogP contribution in [0.25, 0.3) is 0 Å². The number of amidine groups is 1. The summed E-state index contributed by atoms with van der Waals surface area (Å²) in [5.74, 6) is 2.73. The second-order valence-electron chi connectivity index (χ2n) is 6.64. The molecule has 0 atom stereocenters. The molecule has 0 aliphatic carbocycles. The minimum absolute atomic E-state index is 0.737. The van der Waals surface area contributed by atoms with E-state index in [9.17, 15) is 0 Å². The Hall–Kier alpha value is -2.37. The molecule has 0 radical (unpaired) electrons. The number of aliphatic imine (C=N–C) groups is 1. The fourth-order valence-electron chi connectivity index (χ4n) is 3.32. The Balaban J connectivity index is 1.61. The number of hydrogen-bond donors (Lipinski definition) is 0. The molecule has 5 heteroatoms. The molecule has 0 saturated carbocycles. The highest BCUT2D eigenvalue weighted by molar-refractivity contribution is 6.06. The Labute approximate surface area is 149 Å². The lowest BCUT2D eigenvalue weighted by Crippen LogP contribution is -2.44. The Kier molecular flexibility index (Phi) is 4.42. The van der Waals surface area contributed by atoms with E-state index in [1.807, 2.05) is 36.4 Å². The second-order valence-corrected chi connectivity index (χ2v) is 6.64. The van der Waals surface area contributed by atoms with Gasteiger partial charge >= 0.3 is 0 Å². The number of likely N-dealkylation sites (N-methyl/N-ethyl adjacent to an activating group) is 1. The third kappa shape index (κ3) is 3.25. The number of fused-ring (bicyclic) bond motifs is 2. The van der Waals surface area contributed by atoms with Crippen molar-refractivity contribution in [2.45, 2.75) is 6.92 Å². The summed E-state index contributed by atoms with van der Waals surface area (Å²) in [4.78, 5) is 11.9. The van der Waals surface area contributed by atoms with Gasteiger partial charge in [0.15, 0.2) is 11.5 Å². The van der Waals surface area contributed by atoms with Gasteiger partial charge in [0.2, 0.25) is 0 Å². The number of para-hydroxylation sites is 4. The number of rotatable bonds is 2. The largest absolute Gasteiger partial charge is 0.453 e. The van der Waals surface area contributed by atoms with Gasteiger partial charge in [0.05, 0.1) is 18.0 Å². The predicted octanol–water partition coefficient (Wildman–Crippen LogP) is 3.55. The van der Waals surface area contributed by atoms with Crippen molar-refractivity contribution in [1.82, 2.24) is 9.80 Å². The van der Waals surface area contributed by atoms with Crippen LogP contribution < -0.4 is 9.64 Å². The van der Waals surface area contributed by atoms with Crippen LogP contribution >= 0.6 is 0 Å². The lowest BCUT2D eigenvalue weighted by atomic mass is 10.1. The first-order valence-electron chi connectivity index (χ1n) is 8.80. The molecular weight excluding hydrogens is 312 g/mol. The van der Waals surface area contributed by atoms with Crippen molar-refractivity contribution in [2.24, 2.45) is 4.99 Å². The third-order valence-corrected chi connectivity index (χ3v) is 4.85. The molecule has 1 fully saturated rings. The first-order chi connectivity index (χ1) is 12.2. The van der Waals surface area contributed by atoms with Gasteiger partial charge in [-0.25, -0.2) is 0 Å². The summed E-state index contributed by atoms with van der Waals surface area (Å²) in [5.41, 5.74) is 2.08. The topological polar surface area (TPSA) is 31.3 Å². The van der Waals surface area contributed by atoms with Gasteiger partial charge in [-0.2, -0.15) is 0 Å². The highest BCUT2D eigenvalue weighted by Gasteiger charge is 2.25. The lowest BCUT2D eigenvalue weighted by Gasteiger charge is -2.34. The lowest BCUT2D eigenvalue weighted by molar-refractivity contribution is 0.158. The SMILES string of the molecule is CC(=NCN1CCN(C)CC1)N1c2ccccc2Oc2ccccc21. The van der Waals surface area contributed by atoms with Crippen LogP contribution in [0.4, 0.5) is 11.4 Å². The van der Waals surface area contributed by atoms with Gasteiger partial charge in [0, 0.05) is 26.2 Å². The van der Waals surface area contributed by atoms with Gasteiger partial charge in [-0.1, -0.05) is 24.3 Å². The molecule has 0 aromatic heterocycles. The molecule has 2 aromatic carbocycles. The van der Waals surface area contributed by atoms with Gasteiger partial charge in [0.1, 0.15) is 5.84 Å². The summed E-state index contributed by atoms with van der Waals surface area (Å²) in [6, 6.07) is 16.3. The van der Waals surface area contributed by atoms with Crippen LogP contribution in [0.3, 0.4) is 0 Å². The Morgan fingerprint density at radius 3 is 2.08 bits per heavy atom. The summed E-state index contributed by atoms with van der Waals surface area (Å²) >= 11 is 0. The third-order valence-electron chi connectivity index (χ3n) is 4.85. The van der Waals surface area contributed by atoms with E-state index < -0.39 is 0 Å². The summed E-state index contributed by atoms with van der Waals surface area (Å²) in [7, 11) is 2.17. The zero-order valence-corrected chi connectivity index (χ0v) is 14.9. The van der Waals surface area contributed by atoms with Gasteiger partial charge in [-0.3, -0.25) is 14.8 Å². The molecule has 25 heavy (non-hydrogen) atoms. The van der Waals surface area contributed by atoms with E-state index in [2.05, 4.69) is 40.8 Å². The molecule has 0 amide bonds. The van der Waals surface area contributed by atoms with E-state index >= 15 is 0 Å². The Morgan fingerprint density at radius 1 is 0.920 bits per heavy atom. The summed E-state index contributed by atoms with van der Waals surface area (Å²) in [6.45, 7) is 7.18. The average molecular weight is 336 g/mol. The fourth-order valence-corrected chi connectivity index (χ4v) is 3.32. The van der Waals surface area contributed by atoms with E-state index in [0.717, 1.165) is 61.6 Å². The van der Waals surface area contributed by atoms with Crippen molar-refractivity contribution in [3.63, 3.8) is 0 Å². The number of hydrogen-bond acceptors (Lipinski definition) is 4. The maximum Gasteiger partial charge on any atom is 0.151 e. The van der Waals surface area contributed by atoms with Gasteiger partial charge in [0.25, 0.3) is 0 Å². The van der Waals surface area contributed by atoms with E-state index in [0.29, 0.717) is 0 Å². The average Bonchev–Trinajstić information content (AvgIpc) is 2.65. The Bertz CT molecular complexity index is 735. The minimum Gasteiger partial charge on any atom is -0.453 e. The van der Waals surface area contributed by atoms with E-state index in [-0.39, 0.29) is 0 Å². The quantitative estimate of drug-likeness (QED) is 0.620. The van der Waals surface area contributed by atoms with Crippen molar-refractivity contribution >= 4 is 17.2 Å². The Morgan fingerprint density at radius 2 is 1.48 bits per heavy atom. The zero-order valence-electron chi connectivity index (χ0n) is 14.9. The van der Waals surface area contributed by atoms with Crippen molar-refractivity contribution < 1.29 is 4.74 Å². The molecular formula is C20H24N4O. The molecule has 0 bridgehead atoms. The molecule has 2 aromatic rings. The van der Waals surface area contributed by atoms with E-state index in [4.69, 9.17) is 9.73 Å². The summed E-state index contributed by atoms with van der Waals surface area (Å²) in [6.07, 6.45) is 0. The number of ether oxygens (including phenoxy) is 1. The van der Waals surface area contributed by atoms with Crippen LogP contribution in [0.5, 0.6) is 11.5 Å². The number of piperazine rings is 1. The normalized spacial score (nSPS) is 18.5. The van der Waals surface area contributed by atoms with Crippen molar-refractivity contribution in [3.8, 4) is 11.5 Å². The van der Waals surface area contributed by atoms with Crippen LogP contribution in [0.15, 0.2) is 53.5 Å². The second kappa shape index (κ2) is 6.86. The molecule has 0 spiro atoms. The van der Waals surface area contributed by atoms with Crippen molar-refractivity contribution in [3.05, 3.63) is 48.5 Å². The first-order valence-corrected chi connectivity index (χ1v) is 8.80. The van der Waals surface area contributed by atoms with Crippen molar-refractivity contribution in [2.75, 3.05) is 44.8 Å². The molecule has 1 saturated heterocycles. The van der Waals surface area contributed by atoms with Gasteiger partial charge in [-0.05, 0) is 38.2 Å². The van der Waals surface area contributed by atoms with E-state index in [1.165, 1.54) is 0 Å². The monoisotopic (exact) mass is 336 g/mol. The molecule has 4 rings (SSSR count). The van der Waals surface area contributed by atoms with Crippen LogP contribution in [0.1, 0.15) is 6.92 Å². The van der Waals surface area contributed by atoms with Crippen LogP contribution in [-0.2, 0) is 0 Å². The number of anilines is 2.